The molecule has 88 valence electrons. The summed E-state index contributed by atoms with van der Waals surface area (Å²) >= 11 is 11.6. The molecule has 0 saturated carbocycles. The molecule has 1 aromatic rings. The van der Waals surface area contributed by atoms with E-state index in [2.05, 4.69) is 10.3 Å². The first-order valence-electron chi connectivity index (χ1n) is 4.65. The Morgan fingerprint density at radius 2 is 1.88 bits per heavy atom. The van der Waals surface area contributed by atoms with Crippen molar-refractivity contribution in [1.29, 1.82) is 0 Å². The summed E-state index contributed by atoms with van der Waals surface area (Å²) < 4.78 is 12.9. The molecular weight excluding hydrogens is 252 g/mol. The number of aliphatic imine (C=N–C) groups is 1. The van der Waals surface area contributed by atoms with Gasteiger partial charge >= 0.3 is 0 Å². The number of anilines is 1. The zero-order chi connectivity index (χ0) is 12.3. The van der Waals surface area contributed by atoms with Crippen molar-refractivity contribution in [3.63, 3.8) is 0 Å². The van der Waals surface area contributed by atoms with Gasteiger partial charge in [-0.2, -0.15) is 0 Å². The number of halogens is 3. The molecule has 0 radical (unpaired) electrons. The van der Waals surface area contributed by atoms with Crippen molar-refractivity contribution in [2.75, 3.05) is 5.32 Å². The molecule has 3 N–H and O–H groups in total. The van der Waals surface area contributed by atoms with Gasteiger partial charge in [0.05, 0.1) is 15.7 Å². The van der Waals surface area contributed by atoms with Crippen LogP contribution < -0.4 is 11.1 Å². The van der Waals surface area contributed by atoms with Gasteiger partial charge in [0.2, 0.25) is 0 Å². The maximum atomic E-state index is 12.9. The minimum atomic E-state index is -0.500. The fraction of sp³-hybridized carbons (Fsp3) is 0.300. The second-order valence-corrected chi connectivity index (χ2v) is 4.29. The van der Waals surface area contributed by atoms with Crippen molar-refractivity contribution in [2.24, 2.45) is 10.7 Å². The number of nitrogens with one attached hydrogen (secondary N) is 1. The molecular formula is C10H12Cl2FN3. The van der Waals surface area contributed by atoms with E-state index < -0.39 is 5.82 Å². The lowest BCUT2D eigenvalue weighted by Crippen LogP contribution is -2.24. The number of nitrogens with two attached hydrogens (primary N) is 1. The van der Waals surface area contributed by atoms with Crippen molar-refractivity contribution in [3.05, 3.63) is 28.0 Å². The summed E-state index contributed by atoms with van der Waals surface area (Å²) in [5.41, 5.74) is 5.96. The molecule has 0 bridgehead atoms. The van der Waals surface area contributed by atoms with E-state index in [1.54, 1.807) is 0 Å². The van der Waals surface area contributed by atoms with Gasteiger partial charge in [-0.3, -0.25) is 4.99 Å². The highest BCUT2D eigenvalue weighted by molar-refractivity contribution is 6.39. The number of hydrogen-bond donors (Lipinski definition) is 2. The molecule has 0 aromatic heterocycles. The highest BCUT2D eigenvalue weighted by atomic mass is 35.5. The van der Waals surface area contributed by atoms with Crippen LogP contribution in [-0.2, 0) is 0 Å². The van der Waals surface area contributed by atoms with Crippen LogP contribution in [0.15, 0.2) is 17.1 Å². The van der Waals surface area contributed by atoms with Gasteiger partial charge in [-0.1, -0.05) is 23.2 Å². The lowest BCUT2D eigenvalue weighted by Gasteiger charge is -2.10. The average Bonchev–Trinajstić information content (AvgIpc) is 2.09. The lowest BCUT2D eigenvalue weighted by atomic mass is 10.3. The lowest BCUT2D eigenvalue weighted by molar-refractivity contribution is 0.628. The molecule has 16 heavy (non-hydrogen) atoms. The topological polar surface area (TPSA) is 50.4 Å². The smallest absolute Gasteiger partial charge is 0.193 e. The van der Waals surface area contributed by atoms with Crippen LogP contribution in [0.1, 0.15) is 13.8 Å². The summed E-state index contributed by atoms with van der Waals surface area (Å²) in [7, 11) is 0. The third-order valence-corrected chi connectivity index (χ3v) is 2.25. The van der Waals surface area contributed by atoms with Crippen LogP contribution in [-0.4, -0.2) is 12.0 Å². The second kappa shape index (κ2) is 5.37. The largest absolute Gasteiger partial charge is 0.370 e. The predicted octanol–water partition coefficient (Wildman–Crippen LogP) is 3.27. The number of nitrogens with zero attached hydrogens (tertiary/aromatic N) is 1. The Hall–Kier alpha value is -1.00. The van der Waals surface area contributed by atoms with Gasteiger partial charge in [-0.15, -0.1) is 0 Å². The van der Waals surface area contributed by atoms with Gasteiger partial charge < -0.3 is 11.1 Å². The fourth-order valence-corrected chi connectivity index (χ4v) is 1.66. The Morgan fingerprint density at radius 3 is 2.31 bits per heavy atom. The molecule has 0 fully saturated rings. The Labute approximate surface area is 103 Å². The summed E-state index contributed by atoms with van der Waals surface area (Å²) in [5, 5.41) is 3.05. The Balaban J connectivity index is 2.98. The van der Waals surface area contributed by atoms with Crippen molar-refractivity contribution >= 4 is 34.8 Å². The first kappa shape index (κ1) is 13.1. The molecule has 1 aromatic carbocycles. The third kappa shape index (κ3) is 3.54. The van der Waals surface area contributed by atoms with Gasteiger partial charge in [-0.05, 0) is 26.0 Å². The predicted molar refractivity (Wildman–Crippen MR) is 66.8 cm³/mol. The molecule has 0 spiro atoms. The summed E-state index contributed by atoms with van der Waals surface area (Å²) in [6, 6.07) is 2.35. The number of hydrogen-bond acceptors (Lipinski definition) is 1. The van der Waals surface area contributed by atoms with Gasteiger partial charge in [0.25, 0.3) is 0 Å². The first-order chi connectivity index (χ1) is 7.40. The van der Waals surface area contributed by atoms with E-state index in [4.69, 9.17) is 28.9 Å². The summed E-state index contributed by atoms with van der Waals surface area (Å²) in [6.07, 6.45) is 0. The molecule has 0 unspecified atom stereocenters. The Bertz CT molecular complexity index is 396. The maximum Gasteiger partial charge on any atom is 0.193 e. The minimum Gasteiger partial charge on any atom is -0.370 e. The van der Waals surface area contributed by atoms with E-state index >= 15 is 0 Å². The standard InChI is InChI=1S/C10H12Cl2FN3/c1-5(2)15-10(14)16-9-7(11)3-6(13)4-8(9)12/h3-5H,1-2H3,(H3,14,15,16). The van der Waals surface area contributed by atoms with Crippen LogP contribution in [0.3, 0.4) is 0 Å². The fourth-order valence-electron chi connectivity index (χ4n) is 1.10. The summed E-state index contributed by atoms with van der Waals surface area (Å²) in [4.78, 5) is 4.05. The van der Waals surface area contributed by atoms with Gasteiger partial charge in [0.15, 0.2) is 5.96 Å². The van der Waals surface area contributed by atoms with E-state index in [0.29, 0.717) is 5.69 Å². The highest BCUT2D eigenvalue weighted by Gasteiger charge is 2.09. The quantitative estimate of drug-likeness (QED) is 0.636. The molecule has 1 rings (SSSR count). The maximum absolute atomic E-state index is 12.9. The molecule has 0 amide bonds. The van der Waals surface area contributed by atoms with Gasteiger partial charge in [-0.25, -0.2) is 4.39 Å². The van der Waals surface area contributed by atoms with Crippen LogP contribution >= 0.6 is 23.2 Å². The SMILES string of the molecule is CC(C)N=C(N)Nc1c(Cl)cc(F)cc1Cl. The number of guanidine groups is 1. The summed E-state index contributed by atoms with van der Waals surface area (Å²) in [6.45, 7) is 3.75. The zero-order valence-electron chi connectivity index (χ0n) is 8.89. The first-order valence-corrected chi connectivity index (χ1v) is 5.40. The van der Waals surface area contributed by atoms with Crippen molar-refractivity contribution in [1.82, 2.24) is 0 Å². The number of rotatable bonds is 2. The van der Waals surface area contributed by atoms with Gasteiger partial charge in [0, 0.05) is 6.04 Å². The molecule has 0 aliphatic heterocycles. The van der Waals surface area contributed by atoms with E-state index in [-0.39, 0.29) is 22.0 Å². The monoisotopic (exact) mass is 263 g/mol. The van der Waals surface area contributed by atoms with E-state index in [9.17, 15) is 4.39 Å². The van der Waals surface area contributed by atoms with Crippen LogP contribution in [0.25, 0.3) is 0 Å². The van der Waals surface area contributed by atoms with E-state index in [1.807, 2.05) is 13.8 Å². The summed E-state index contributed by atoms with van der Waals surface area (Å²) in [5.74, 6) is -0.315. The molecule has 0 aliphatic carbocycles. The molecule has 0 aliphatic rings. The molecule has 0 atom stereocenters. The van der Waals surface area contributed by atoms with Crippen molar-refractivity contribution in [2.45, 2.75) is 19.9 Å². The molecule has 0 saturated heterocycles. The Morgan fingerprint density at radius 1 is 1.38 bits per heavy atom. The second-order valence-electron chi connectivity index (χ2n) is 3.48. The number of benzene rings is 1. The Kier molecular flexibility index (Phi) is 4.38. The van der Waals surface area contributed by atoms with Crippen LogP contribution in [0.4, 0.5) is 10.1 Å². The average molecular weight is 264 g/mol. The molecule has 6 heteroatoms. The van der Waals surface area contributed by atoms with Gasteiger partial charge in [0.1, 0.15) is 5.82 Å². The minimum absolute atomic E-state index is 0.0468. The molecule has 3 nitrogen and oxygen atoms in total. The third-order valence-electron chi connectivity index (χ3n) is 1.66. The van der Waals surface area contributed by atoms with Crippen molar-refractivity contribution < 1.29 is 4.39 Å². The molecule has 0 heterocycles. The van der Waals surface area contributed by atoms with Crippen LogP contribution in [0, 0.1) is 5.82 Å². The van der Waals surface area contributed by atoms with Crippen LogP contribution in [0.5, 0.6) is 0 Å². The highest BCUT2D eigenvalue weighted by Crippen LogP contribution is 2.31. The van der Waals surface area contributed by atoms with Crippen LogP contribution in [0.2, 0.25) is 10.0 Å². The van der Waals surface area contributed by atoms with E-state index in [0.717, 1.165) is 12.1 Å². The van der Waals surface area contributed by atoms with Crippen molar-refractivity contribution in [3.8, 4) is 0 Å². The van der Waals surface area contributed by atoms with E-state index in [1.165, 1.54) is 0 Å². The zero-order valence-corrected chi connectivity index (χ0v) is 10.4. The normalized spacial score (nSPS) is 12.0.